The van der Waals surface area contributed by atoms with E-state index >= 15 is 0 Å². The highest BCUT2D eigenvalue weighted by Crippen LogP contribution is 2.07. The van der Waals surface area contributed by atoms with Crippen LogP contribution in [-0.4, -0.2) is 28.0 Å². The zero-order valence-electron chi connectivity index (χ0n) is 9.35. The van der Waals surface area contributed by atoms with Gasteiger partial charge in [-0.15, -0.1) is 0 Å². The van der Waals surface area contributed by atoms with Crippen molar-refractivity contribution in [3.05, 3.63) is 17.8 Å². The van der Waals surface area contributed by atoms with E-state index in [0.717, 1.165) is 6.39 Å². The molecular weight excluding hydrogens is 212 g/mol. The Hall–Kier alpha value is -1.85. The van der Waals surface area contributed by atoms with Crippen LogP contribution < -0.4 is 5.32 Å². The van der Waals surface area contributed by atoms with Gasteiger partial charge in [-0.25, -0.2) is 9.78 Å². The second-order valence-corrected chi connectivity index (χ2v) is 3.79. The third kappa shape index (κ3) is 2.59. The summed E-state index contributed by atoms with van der Waals surface area (Å²) in [5.41, 5.74) is 0.117. The van der Waals surface area contributed by atoms with E-state index in [4.69, 9.17) is 9.52 Å². The van der Waals surface area contributed by atoms with Crippen LogP contribution >= 0.6 is 0 Å². The van der Waals surface area contributed by atoms with Gasteiger partial charge in [-0.3, -0.25) is 4.79 Å². The lowest BCUT2D eigenvalue weighted by Crippen LogP contribution is -2.44. The van der Waals surface area contributed by atoms with E-state index in [1.165, 1.54) is 0 Å². The number of carbonyl (C=O) groups excluding carboxylic acids is 1. The number of nitrogens with zero attached hydrogens (tertiary/aromatic N) is 1. The number of aliphatic carboxylic acids is 1. The van der Waals surface area contributed by atoms with Gasteiger partial charge in [-0.2, -0.15) is 0 Å². The first-order valence-corrected chi connectivity index (χ1v) is 4.87. The van der Waals surface area contributed by atoms with Crippen molar-refractivity contribution in [2.45, 2.75) is 26.8 Å². The summed E-state index contributed by atoms with van der Waals surface area (Å²) >= 11 is 0. The fourth-order valence-corrected chi connectivity index (χ4v) is 1.25. The minimum Gasteiger partial charge on any atom is -0.480 e. The highest BCUT2D eigenvalue weighted by atomic mass is 16.4. The third-order valence-corrected chi connectivity index (χ3v) is 2.18. The molecule has 6 heteroatoms. The number of rotatable bonds is 4. The van der Waals surface area contributed by atoms with Crippen molar-refractivity contribution in [1.29, 1.82) is 0 Å². The Morgan fingerprint density at radius 3 is 2.50 bits per heavy atom. The summed E-state index contributed by atoms with van der Waals surface area (Å²) < 4.78 is 4.87. The van der Waals surface area contributed by atoms with Gasteiger partial charge < -0.3 is 14.8 Å². The molecule has 0 aliphatic carbocycles. The molecule has 0 aliphatic heterocycles. The predicted octanol–water partition coefficient (Wildman–Crippen LogP) is 0.822. The van der Waals surface area contributed by atoms with Crippen molar-refractivity contribution < 1.29 is 19.1 Å². The van der Waals surface area contributed by atoms with Crippen molar-refractivity contribution in [3.8, 4) is 0 Å². The number of carboxylic acids is 1. The lowest BCUT2D eigenvalue weighted by atomic mass is 10.0. The molecule has 1 rings (SSSR count). The van der Waals surface area contributed by atoms with Crippen LogP contribution in [0.25, 0.3) is 0 Å². The van der Waals surface area contributed by atoms with Gasteiger partial charge in [0, 0.05) is 0 Å². The topological polar surface area (TPSA) is 92.4 Å². The summed E-state index contributed by atoms with van der Waals surface area (Å²) in [7, 11) is 0. The number of carbonyl (C=O) groups is 2. The number of aryl methyl sites for hydroxylation is 1. The second-order valence-electron chi connectivity index (χ2n) is 3.79. The molecule has 16 heavy (non-hydrogen) atoms. The molecule has 0 aromatic carbocycles. The SMILES string of the molecule is Cc1ocnc1C(=O)NC(C(=O)O)C(C)C. The summed E-state index contributed by atoms with van der Waals surface area (Å²) in [5, 5.41) is 11.3. The first-order valence-electron chi connectivity index (χ1n) is 4.87. The lowest BCUT2D eigenvalue weighted by Gasteiger charge is -2.17. The van der Waals surface area contributed by atoms with E-state index in [-0.39, 0.29) is 11.6 Å². The predicted molar refractivity (Wildman–Crippen MR) is 55.0 cm³/mol. The fraction of sp³-hybridized carbons (Fsp3) is 0.500. The van der Waals surface area contributed by atoms with Gasteiger partial charge >= 0.3 is 5.97 Å². The third-order valence-electron chi connectivity index (χ3n) is 2.18. The Morgan fingerprint density at radius 1 is 1.50 bits per heavy atom. The molecule has 1 aromatic rings. The lowest BCUT2D eigenvalue weighted by molar-refractivity contribution is -0.140. The Kier molecular flexibility index (Phi) is 3.65. The summed E-state index contributed by atoms with van der Waals surface area (Å²) in [6, 6.07) is -0.927. The van der Waals surface area contributed by atoms with E-state index in [0.29, 0.717) is 5.76 Å². The molecule has 1 amide bonds. The van der Waals surface area contributed by atoms with Crippen molar-refractivity contribution in [3.63, 3.8) is 0 Å². The maximum atomic E-state index is 11.6. The number of carboxylic acid groups (broad SMARTS) is 1. The van der Waals surface area contributed by atoms with Gasteiger partial charge in [-0.05, 0) is 12.8 Å². The molecular formula is C10H14N2O4. The molecule has 0 saturated carbocycles. The van der Waals surface area contributed by atoms with Crippen LogP contribution in [0.1, 0.15) is 30.1 Å². The average molecular weight is 226 g/mol. The molecule has 1 heterocycles. The number of hydrogen-bond donors (Lipinski definition) is 2. The normalized spacial score (nSPS) is 12.5. The van der Waals surface area contributed by atoms with Gasteiger partial charge in [0.15, 0.2) is 12.1 Å². The number of nitrogens with one attached hydrogen (secondary N) is 1. The minimum atomic E-state index is -1.07. The number of hydrogen-bond acceptors (Lipinski definition) is 4. The van der Waals surface area contributed by atoms with Crippen LogP contribution in [0.2, 0.25) is 0 Å². The molecule has 0 bridgehead atoms. The molecule has 0 aliphatic rings. The molecule has 0 spiro atoms. The van der Waals surface area contributed by atoms with Crippen LogP contribution in [0, 0.1) is 12.8 Å². The van der Waals surface area contributed by atoms with Gasteiger partial charge in [0.2, 0.25) is 0 Å². The van der Waals surface area contributed by atoms with Crippen LogP contribution in [0.15, 0.2) is 10.8 Å². The van der Waals surface area contributed by atoms with Crippen LogP contribution in [0.5, 0.6) is 0 Å². The Labute approximate surface area is 92.7 Å². The maximum Gasteiger partial charge on any atom is 0.326 e. The zero-order valence-corrected chi connectivity index (χ0v) is 9.35. The van der Waals surface area contributed by atoms with Crippen molar-refractivity contribution in [2.24, 2.45) is 5.92 Å². The van der Waals surface area contributed by atoms with E-state index in [1.807, 2.05) is 0 Å². The zero-order chi connectivity index (χ0) is 12.3. The van der Waals surface area contributed by atoms with E-state index < -0.39 is 17.9 Å². The monoisotopic (exact) mass is 226 g/mol. The molecule has 0 fully saturated rings. The molecule has 6 nitrogen and oxygen atoms in total. The highest BCUT2D eigenvalue weighted by molar-refractivity contribution is 5.95. The van der Waals surface area contributed by atoms with E-state index in [1.54, 1.807) is 20.8 Å². The quantitative estimate of drug-likeness (QED) is 0.792. The van der Waals surface area contributed by atoms with Gasteiger partial charge in [0.25, 0.3) is 5.91 Å². The maximum absolute atomic E-state index is 11.6. The van der Waals surface area contributed by atoms with Gasteiger partial charge in [-0.1, -0.05) is 13.8 Å². The summed E-state index contributed by atoms with van der Waals surface area (Å²) in [5.74, 6) is -1.43. The first-order chi connectivity index (χ1) is 7.43. The van der Waals surface area contributed by atoms with E-state index in [9.17, 15) is 9.59 Å². The number of aromatic nitrogens is 1. The van der Waals surface area contributed by atoms with Crippen molar-refractivity contribution in [1.82, 2.24) is 10.3 Å². The largest absolute Gasteiger partial charge is 0.480 e. The molecule has 2 N–H and O–H groups in total. The summed E-state index contributed by atoms with van der Waals surface area (Å²) in [4.78, 5) is 26.2. The van der Waals surface area contributed by atoms with Crippen LogP contribution in [0.4, 0.5) is 0 Å². The first kappa shape index (κ1) is 12.2. The summed E-state index contributed by atoms with van der Waals surface area (Å²) in [6.45, 7) is 5.02. The average Bonchev–Trinajstić information content (AvgIpc) is 2.59. The van der Waals surface area contributed by atoms with Gasteiger partial charge in [0.1, 0.15) is 11.8 Å². The minimum absolute atomic E-state index is 0.117. The van der Waals surface area contributed by atoms with Crippen LogP contribution in [0.3, 0.4) is 0 Å². The molecule has 0 saturated heterocycles. The smallest absolute Gasteiger partial charge is 0.326 e. The van der Waals surface area contributed by atoms with Crippen LogP contribution in [-0.2, 0) is 4.79 Å². The number of amides is 1. The van der Waals surface area contributed by atoms with Crippen molar-refractivity contribution in [2.75, 3.05) is 0 Å². The molecule has 1 aromatic heterocycles. The Morgan fingerprint density at radius 2 is 2.12 bits per heavy atom. The fourth-order valence-electron chi connectivity index (χ4n) is 1.25. The molecule has 1 unspecified atom stereocenters. The summed E-state index contributed by atoms with van der Waals surface area (Å²) in [6.07, 6.45) is 1.15. The second kappa shape index (κ2) is 4.78. The molecule has 0 radical (unpaired) electrons. The molecule has 88 valence electrons. The van der Waals surface area contributed by atoms with Crippen molar-refractivity contribution >= 4 is 11.9 Å². The number of oxazole rings is 1. The highest BCUT2D eigenvalue weighted by Gasteiger charge is 2.25. The Bertz CT molecular complexity index is 397. The van der Waals surface area contributed by atoms with Gasteiger partial charge in [0.05, 0.1) is 0 Å². The molecule has 1 atom stereocenters. The Balaban J connectivity index is 2.77. The standard InChI is InChI=1S/C10H14N2O4/c1-5(2)7(10(14)15)12-9(13)8-6(3)16-4-11-8/h4-5,7H,1-3H3,(H,12,13)(H,14,15). The van der Waals surface area contributed by atoms with E-state index in [2.05, 4.69) is 10.3 Å².